The molecule has 2 aromatic carbocycles. The molecule has 0 radical (unpaired) electrons. The zero-order chi connectivity index (χ0) is 14.3. The van der Waals surface area contributed by atoms with Crippen LogP contribution in [0.5, 0.6) is 0 Å². The molecule has 20 heavy (non-hydrogen) atoms. The van der Waals surface area contributed by atoms with Gasteiger partial charge in [0.1, 0.15) is 0 Å². The summed E-state index contributed by atoms with van der Waals surface area (Å²) in [6, 6.07) is 12.7. The zero-order valence-electron chi connectivity index (χ0n) is 10.2. The average Bonchev–Trinajstić information content (AvgIpc) is 2.51. The van der Waals surface area contributed by atoms with Crippen molar-refractivity contribution in [2.75, 3.05) is 0 Å². The highest BCUT2D eigenvalue weighted by Crippen LogP contribution is 2.28. The predicted molar refractivity (Wildman–Crippen MR) is 69.2 cm³/mol. The fourth-order valence-corrected chi connectivity index (χ4v) is 2.29. The van der Waals surface area contributed by atoms with Crippen molar-refractivity contribution in [2.24, 2.45) is 0 Å². The van der Waals surface area contributed by atoms with E-state index in [2.05, 4.69) is 0 Å². The van der Waals surface area contributed by atoms with E-state index in [0.29, 0.717) is 22.3 Å². The van der Waals surface area contributed by atoms with Crippen molar-refractivity contribution >= 4 is 11.6 Å². The maximum absolute atomic E-state index is 12.4. The molecule has 2 aromatic rings. The molecule has 0 aliphatic heterocycles. The van der Waals surface area contributed by atoms with Gasteiger partial charge in [-0.05, 0) is 36.4 Å². The minimum atomic E-state index is -0.330. The molecule has 0 heterocycles. The Balaban J connectivity index is 2.29. The van der Waals surface area contributed by atoms with E-state index in [9.17, 15) is 9.59 Å². The highest BCUT2D eigenvalue weighted by atomic mass is 16.1. The number of fused-ring (bicyclic) bond motifs is 2. The Morgan fingerprint density at radius 3 is 1.45 bits per heavy atom. The van der Waals surface area contributed by atoms with Crippen LogP contribution < -0.4 is 0 Å². The van der Waals surface area contributed by atoms with Gasteiger partial charge < -0.3 is 0 Å². The summed E-state index contributed by atoms with van der Waals surface area (Å²) in [5.41, 5.74) is 1.68. The quantitative estimate of drug-likeness (QED) is 0.619. The molecule has 1 aliphatic rings. The van der Waals surface area contributed by atoms with Gasteiger partial charge in [-0.1, -0.05) is 0 Å². The Bertz CT molecular complexity index is 798. The first-order valence-electron chi connectivity index (χ1n) is 5.83. The minimum absolute atomic E-state index is 0.219. The van der Waals surface area contributed by atoms with Gasteiger partial charge in [0.2, 0.25) is 0 Å². The lowest BCUT2D eigenvalue weighted by Gasteiger charge is -2.17. The zero-order valence-corrected chi connectivity index (χ0v) is 10.2. The van der Waals surface area contributed by atoms with Gasteiger partial charge in [-0.2, -0.15) is 10.5 Å². The number of hydrogen-bond acceptors (Lipinski definition) is 4. The summed E-state index contributed by atoms with van der Waals surface area (Å²) in [5.74, 6) is -0.590. The van der Waals surface area contributed by atoms with E-state index >= 15 is 0 Å². The summed E-state index contributed by atoms with van der Waals surface area (Å²) in [6.45, 7) is 0. The van der Waals surface area contributed by atoms with Crippen LogP contribution >= 0.6 is 0 Å². The van der Waals surface area contributed by atoms with Crippen molar-refractivity contribution in [1.82, 2.24) is 0 Å². The van der Waals surface area contributed by atoms with Crippen LogP contribution in [-0.2, 0) is 0 Å². The Labute approximate surface area is 114 Å². The molecule has 0 bridgehead atoms. The molecular formula is C16H6N2O2. The fourth-order valence-electron chi connectivity index (χ4n) is 2.29. The monoisotopic (exact) mass is 258 g/mol. The first-order valence-corrected chi connectivity index (χ1v) is 5.83. The van der Waals surface area contributed by atoms with Crippen LogP contribution in [0.2, 0.25) is 0 Å². The third-order valence-electron chi connectivity index (χ3n) is 3.28. The van der Waals surface area contributed by atoms with Crippen molar-refractivity contribution in [2.45, 2.75) is 0 Å². The topological polar surface area (TPSA) is 81.7 Å². The third-order valence-corrected chi connectivity index (χ3v) is 3.28. The normalized spacial score (nSPS) is 12.1. The molecule has 0 spiro atoms. The molecule has 0 saturated carbocycles. The maximum atomic E-state index is 12.4. The fraction of sp³-hybridized carbons (Fsp3) is 0. The van der Waals surface area contributed by atoms with Crippen molar-refractivity contribution in [3.63, 3.8) is 0 Å². The molecule has 4 nitrogen and oxygen atoms in total. The van der Waals surface area contributed by atoms with Crippen molar-refractivity contribution in [1.29, 1.82) is 10.5 Å². The standard InChI is InChI=1S/C16H6N2O2/c17-7-9-1-3-11-13(5-9)16(20)14-6-10(8-18)2-4-12(14)15(11)19/h1-6H. The lowest BCUT2D eigenvalue weighted by molar-refractivity contribution is 0.0979. The van der Waals surface area contributed by atoms with E-state index < -0.39 is 0 Å². The summed E-state index contributed by atoms with van der Waals surface area (Å²) in [6.07, 6.45) is 0. The smallest absolute Gasteiger partial charge is 0.194 e. The van der Waals surface area contributed by atoms with Crippen LogP contribution in [0, 0.1) is 22.7 Å². The first kappa shape index (κ1) is 11.8. The molecule has 0 atom stereocenters. The molecule has 0 saturated heterocycles. The molecular weight excluding hydrogens is 252 g/mol. The second kappa shape index (κ2) is 4.15. The number of ketones is 2. The van der Waals surface area contributed by atoms with Crippen LogP contribution in [0.4, 0.5) is 0 Å². The third kappa shape index (κ3) is 1.53. The second-order valence-electron chi connectivity index (χ2n) is 4.40. The van der Waals surface area contributed by atoms with Crippen LogP contribution in [0.3, 0.4) is 0 Å². The van der Waals surface area contributed by atoms with Crippen LogP contribution in [0.15, 0.2) is 36.4 Å². The van der Waals surface area contributed by atoms with E-state index in [0.717, 1.165) is 0 Å². The lowest BCUT2D eigenvalue weighted by Crippen LogP contribution is -2.21. The van der Waals surface area contributed by atoms with Gasteiger partial charge in [0.05, 0.1) is 23.3 Å². The highest BCUT2D eigenvalue weighted by molar-refractivity contribution is 6.28. The molecule has 0 fully saturated rings. The maximum Gasteiger partial charge on any atom is 0.194 e. The summed E-state index contributed by atoms with van der Waals surface area (Å²) >= 11 is 0. The Hall–Kier alpha value is -3.24. The van der Waals surface area contributed by atoms with E-state index in [1.165, 1.54) is 36.4 Å². The summed E-state index contributed by atoms with van der Waals surface area (Å²) in [7, 11) is 0. The predicted octanol–water partition coefficient (Wildman–Crippen LogP) is 2.21. The molecule has 1 aliphatic carbocycles. The summed E-state index contributed by atoms with van der Waals surface area (Å²) in [5, 5.41) is 17.8. The SMILES string of the molecule is N#Cc1ccc2c(c1)C(=O)c1cc(C#N)ccc1C2=O. The van der Waals surface area contributed by atoms with E-state index in [-0.39, 0.29) is 22.7 Å². The van der Waals surface area contributed by atoms with Gasteiger partial charge >= 0.3 is 0 Å². The number of nitrogens with zero attached hydrogens (tertiary/aromatic N) is 2. The van der Waals surface area contributed by atoms with Crippen LogP contribution in [-0.4, -0.2) is 11.6 Å². The number of hydrogen-bond donors (Lipinski definition) is 0. The number of benzene rings is 2. The van der Waals surface area contributed by atoms with E-state index in [4.69, 9.17) is 10.5 Å². The van der Waals surface area contributed by atoms with Crippen molar-refractivity contribution < 1.29 is 9.59 Å². The van der Waals surface area contributed by atoms with E-state index in [1.54, 1.807) is 0 Å². The average molecular weight is 258 g/mol. The number of rotatable bonds is 0. The number of carbonyl (C=O) groups excluding carboxylic acids is 2. The Morgan fingerprint density at radius 1 is 0.650 bits per heavy atom. The van der Waals surface area contributed by atoms with Gasteiger partial charge in [0, 0.05) is 22.3 Å². The molecule has 92 valence electrons. The molecule has 4 heteroatoms. The largest absolute Gasteiger partial charge is 0.289 e. The van der Waals surface area contributed by atoms with Crippen molar-refractivity contribution in [3.05, 3.63) is 69.8 Å². The first-order chi connectivity index (χ1) is 9.65. The highest BCUT2D eigenvalue weighted by Gasteiger charge is 2.29. The van der Waals surface area contributed by atoms with Gasteiger partial charge in [0.25, 0.3) is 0 Å². The van der Waals surface area contributed by atoms with Gasteiger partial charge in [-0.3, -0.25) is 9.59 Å². The van der Waals surface area contributed by atoms with Crippen LogP contribution in [0.25, 0.3) is 0 Å². The van der Waals surface area contributed by atoms with Crippen LogP contribution in [0.1, 0.15) is 43.0 Å². The molecule has 0 N–H and O–H groups in total. The van der Waals surface area contributed by atoms with E-state index in [1.807, 2.05) is 12.1 Å². The van der Waals surface area contributed by atoms with Crippen molar-refractivity contribution in [3.8, 4) is 12.1 Å². The summed E-state index contributed by atoms with van der Waals surface area (Å²) in [4.78, 5) is 24.8. The van der Waals surface area contributed by atoms with Gasteiger partial charge in [-0.15, -0.1) is 0 Å². The second-order valence-corrected chi connectivity index (χ2v) is 4.40. The van der Waals surface area contributed by atoms with Gasteiger partial charge in [0.15, 0.2) is 11.6 Å². The summed E-state index contributed by atoms with van der Waals surface area (Å²) < 4.78 is 0. The molecule has 0 amide bonds. The Kier molecular flexibility index (Phi) is 2.45. The molecule has 0 aromatic heterocycles. The Morgan fingerprint density at radius 2 is 1.05 bits per heavy atom. The molecule has 3 rings (SSSR count). The number of carbonyl (C=O) groups is 2. The minimum Gasteiger partial charge on any atom is -0.289 e. The molecule has 0 unspecified atom stereocenters. The number of nitriles is 2. The lowest BCUT2D eigenvalue weighted by atomic mass is 9.83. The van der Waals surface area contributed by atoms with Gasteiger partial charge in [-0.25, -0.2) is 0 Å².